The van der Waals surface area contributed by atoms with E-state index in [2.05, 4.69) is 21.9 Å². The predicted molar refractivity (Wildman–Crippen MR) is 110 cm³/mol. The number of allylic oxidation sites excluding steroid dienone is 2. The summed E-state index contributed by atoms with van der Waals surface area (Å²) in [6, 6.07) is 4.70. The van der Waals surface area contributed by atoms with Gasteiger partial charge in [-0.25, -0.2) is 14.8 Å². The standard InChI is InChI=1S/C19H20ClN3O2S/c1-5-7-13-11(3)21-18(16(6-2)26-4)23-17(13)22-12-8-9-14(19(24)25)15(20)10-12/h5-6,8-10H,1,7H2,2-4H3,(H,24,25)(H,21,22,23)/b16-6-. The number of carbonyl (C=O) groups is 1. The van der Waals surface area contributed by atoms with Gasteiger partial charge in [0, 0.05) is 21.8 Å². The summed E-state index contributed by atoms with van der Waals surface area (Å²) in [5, 5.41) is 12.5. The van der Waals surface area contributed by atoms with Crippen LogP contribution in [0.2, 0.25) is 5.02 Å². The molecule has 0 aliphatic carbocycles. The monoisotopic (exact) mass is 389 g/mol. The third kappa shape index (κ3) is 4.45. The molecule has 26 heavy (non-hydrogen) atoms. The zero-order valence-corrected chi connectivity index (χ0v) is 16.4. The molecule has 0 amide bonds. The quantitative estimate of drug-likeness (QED) is 0.623. The highest BCUT2D eigenvalue weighted by atomic mass is 35.5. The fraction of sp³-hybridized carbons (Fsp3) is 0.211. The van der Waals surface area contributed by atoms with Gasteiger partial charge >= 0.3 is 5.97 Å². The van der Waals surface area contributed by atoms with Crippen molar-refractivity contribution in [2.75, 3.05) is 11.6 Å². The van der Waals surface area contributed by atoms with Gasteiger partial charge in [-0.3, -0.25) is 0 Å². The molecule has 0 saturated carbocycles. The van der Waals surface area contributed by atoms with E-state index in [1.54, 1.807) is 30.0 Å². The van der Waals surface area contributed by atoms with Crippen LogP contribution in [0.5, 0.6) is 0 Å². The second-order valence-electron chi connectivity index (χ2n) is 5.43. The van der Waals surface area contributed by atoms with Gasteiger partial charge in [0.1, 0.15) is 5.82 Å². The van der Waals surface area contributed by atoms with E-state index in [-0.39, 0.29) is 10.6 Å². The highest BCUT2D eigenvalue weighted by Crippen LogP contribution is 2.29. The Bertz CT molecular complexity index is 881. The molecule has 0 aliphatic rings. The molecule has 1 aromatic carbocycles. The molecule has 0 atom stereocenters. The lowest BCUT2D eigenvalue weighted by Crippen LogP contribution is -2.07. The first kappa shape index (κ1) is 20.0. The van der Waals surface area contributed by atoms with Gasteiger partial charge in [0.25, 0.3) is 0 Å². The highest BCUT2D eigenvalue weighted by Gasteiger charge is 2.15. The van der Waals surface area contributed by atoms with Crippen molar-refractivity contribution in [1.82, 2.24) is 9.97 Å². The Morgan fingerprint density at radius 2 is 2.15 bits per heavy atom. The highest BCUT2D eigenvalue weighted by molar-refractivity contribution is 8.07. The van der Waals surface area contributed by atoms with Gasteiger partial charge in [-0.2, -0.15) is 0 Å². The van der Waals surface area contributed by atoms with E-state index >= 15 is 0 Å². The molecule has 1 heterocycles. The minimum absolute atomic E-state index is 0.0571. The van der Waals surface area contributed by atoms with Crippen molar-refractivity contribution in [2.45, 2.75) is 20.3 Å². The molecule has 2 rings (SSSR count). The molecule has 2 N–H and O–H groups in total. The van der Waals surface area contributed by atoms with E-state index in [1.807, 2.05) is 26.2 Å². The third-order valence-electron chi connectivity index (χ3n) is 3.73. The number of nitrogens with one attached hydrogen (secondary N) is 1. The molecule has 0 bridgehead atoms. The summed E-state index contributed by atoms with van der Waals surface area (Å²) in [4.78, 5) is 21.3. The number of halogens is 1. The first-order valence-corrected chi connectivity index (χ1v) is 9.50. The van der Waals surface area contributed by atoms with Crippen LogP contribution in [-0.4, -0.2) is 27.3 Å². The van der Waals surface area contributed by atoms with Gasteiger partial charge < -0.3 is 10.4 Å². The lowest BCUT2D eigenvalue weighted by atomic mass is 10.1. The fourth-order valence-electron chi connectivity index (χ4n) is 2.44. The fourth-order valence-corrected chi connectivity index (χ4v) is 3.21. The van der Waals surface area contributed by atoms with Crippen molar-refractivity contribution in [3.8, 4) is 0 Å². The van der Waals surface area contributed by atoms with Crippen molar-refractivity contribution in [3.63, 3.8) is 0 Å². The molecular formula is C19H20ClN3O2S. The number of hydrogen-bond donors (Lipinski definition) is 2. The Morgan fingerprint density at radius 1 is 1.42 bits per heavy atom. The average Bonchev–Trinajstić information content (AvgIpc) is 2.59. The average molecular weight is 390 g/mol. The number of anilines is 2. The first-order chi connectivity index (χ1) is 12.4. The summed E-state index contributed by atoms with van der Waals surface area (Å²) in [7, 11) is 0. The van der Waals surface area contributed by atoms with Crippen LogP contribution in [0.3, 0.4) is 0 Å². The molecule has 1 aromatic heterocycles. The molecule has 0 spiro atoms. The Labute approximate surface area is 162 Å². The minimum Gasteiger partial charge on any atom is -0.478 e. The van der Waals surface area contributed by atoms with Gasteiger partial charge in [0.05, 0.1) is 10.6 Å². The number of carboxylic acid groups (broad SMARTS) is 1. The molecule has 0 unspecified atom stereocenters. The van der Waals surface area contributed by atoms with Crippen LogP contribution in [0.25, 0.3) is 4.91 Å². The molecular weight excluding hydrogens is 370 g/mol. The number of aryl methyl sites for hydroxylation is 1. The summed E-state index contributed by atoms with van der Waals surface area (Å²) in [6.45, 7) is 7.67. The molecule has 0 saturated heterocycles. The summed E-state index contributed by atoms with van der Waals surface area (Å²) < 4.78 is 0. The number of benzene rings is 1. The number of aromatic nitrogens is 2. The second-order valence-corrected chi connectivity index (χ2v) is 6.69. The number of thioether (sulfide) groups is 1. The summed E-state index contributed by atoms with van der Waals surface area (Å²) in [5.41, 5.74) is 2.50. The molecule has 5 nitrogen and oxygen atoms in total. The Hall–Kier alpha value is -2.31. The van der Waals surface area contributed by atoms with Crippen molar-refractivity contribution in [1.29, 1.82) is 0 Å². The Morgan fingerprint density at radius 3 is 2.69 bits per heavy atom. The number of aromatic carboxylic acids is 1. The van der Waals surface area contributed by atoms with Crippen molar-refractivity contribution >= 4 is 45.7 Å². The zero-order chi connectivity index (χ0) is 19.3. The van der Waals surface area contributed by atoms with E-state index < -0.39 is 5.97 Å². The number of rotatable bonds is 7. The van der Waals surface area contributed by atoms with Crippen molar-refractivity contribution < 1.29 is 9.90 Å². The molecule has 0 aliphatic heterocycles. The van der Waals surface area contributed by atoms with Crippen LogP contribution >= 0.6 is 23.4 Å². The molecule has 7 heteroatoms. The van der Waals surface area contributed by atoms with Gasteiger partial charge in [-0.05, 0) is 44.7 Å². The third-order valence-corrected chi connectivity index (χ3v) is 4.90. The van der Waals surface area contributed by atoms with Gasteiger partial charge in [-0.1, -0.05) is 23.8 Å². The summed E-state index contributed by atoms with van der Waals surface area (Å²) in [6.07, 6.45) is 6.35. The van der Waals surface area contributed by atoms with E-state index in [0.29, 0.717) is 23.8 Å². The first-order valence-electron chi connectivity index (χ1n) is 7.90. The predicted octanol–water partition coefficient (Wildman–Crippen LogP) is 5.33. The lowest BCUT2D eigenvalue weighted by molar-refractivity contribution is 0.0697. The number of carboxylic acids is 1. The topological polar surface area (TPSA) is 75.1 Å². The van der Waals surface area contributed by atoms with Gasteiger partial charge in [0.2, 0.25) is 0 Å². The zero-order valence-electron chi connectivity index (χ0n) is 14.8. The van der Waals surface area contributed by atoms with Crippen LogP contribution in [0.15, 0.2) is 36.9 Å². The summed E-state index contributed by atoms with van der Waals surface area (Å²) >= 11 is 7.64. The Kier molecular flexibility index (Phi) is 6.83. The number of hydrogen-bond acceptors (Lipinski definition) is 5. The van der Waals surface area contributed by atoms with E-state index in [0.717, 1.165) is 16.2 Å². The number of nitrogens with zero attached hydrogens (tertiary/aromatic N) is 2. The maximum Gasteiger partial charge on any atom is 0.337 e. The molecule has 0 radical (unpaired) electrons. The Balaban J connectivity index is 2.51. The van der Waals surface area contributed by atoms with E-state index in [4.69, 9.17) is 16.7 Å². The smallest absolute Gasteiger partial charge is 0.337 e. The lowest BCUT2D eigenvalue weighted by Gasteiger charge is -2.15. The summed E-state index contributed by atoms with van der Waals surface area (Å²) in [5.74, 6) is 0.229. The normalized spacial score (nSPS) is 11.3. The van der Waals surface area contributed by atoms with Crippen molar-refractivity contribution in [3.05, 3.63) is 64.6 Å². The molecule has 2 aromatic rings. The minimum atomic E-state index is -1.06. The van der Waals surface area contributed by atoms with Crippen LogP contribution in [-0.2, 0) is 6.42 Å². The van der Waals surface area contributed by atoms with Crippen LogP contribution in [0.1, 0.15) is 34.4 Å². The SMILES string of the molecule is C=CCc1c(C)nc(/C(=C/C)SC)nc1Nc1ccc(C(=O)O)c(Cl)c1. The largest absolute Gasteiger partial charge is 0.478 e. The maximum absolute atomic E-state index is 11.1. The molecule has 0 fully saturated rings. The second kappa shape index (κ2) is 8.87. The maximum atomic E-state index is 11.1. The molecule has 136 valence electrons. The van der Waals surface area contributed by atoms with Gasteiger partial charge in [0.15, 0.2) is 5.82 Å². The van der Waals surface area contributed by atoms with E-state index in [1.165, 1.54) is 6.07 Å². The van der Waals surface area contributed by atoms with Gasteiger partial charge in [-0.15, -0.1) is 18.3 Å². The van der Waals surface area contributed by atoms with E-state index in [9.17, 15) is 4.79 Å². The van der Waals surface area contributed by atoms with Crippen molar-refractivity contribution in [2.24, 2.45) is 0 Å². The van der Waals surface area contributed by atoms with Crippen LogP contribution in [0.4, 0.5) is 11.5 Å². The van der Waals surface area contributed by atoms with Crippen LogP contribution in [0, 0.1) is 6.92 Å². The van der Waals surface area contributed by atoms with Crippen LogP contribution < -0.4 is 5.32 Å².